The Balaban J connectivity index is 1.55. The fourth-order valence-corrected chi connectivity index (χ4v) is 8.39. The molecule has 1 aromatic rings. The van der Waals surface area contributed by atoms with E-state index in [0.29, 0.717) is 6.61 Å². The zero-order chi connectivity index (χ0) is 19.0. The highest BCUT2D eigenvalue weighted by Crippen LogP contribution is 2.67. The van der Waals surface area contributed by atoms with Crippen LogP contribution in [0.5, 0.6) is 0 Å². The number of ether oxygens (including phenoxy) is 1. The molecule has 5 rings (SSSR count). The molecule has 0 bridgehead atoms. The molecular formula is C21H28N3O2PS. The van der Waals surface area contributed by atoms with Crippen molar-refractivity contribution >= 4 is 29.6 Å². The Kier molecular flexibility index (Phi) is 5.31. The molecule has 3 aliphatic heterocycles. The van der Waals surface area contributed by atoms with Gasteiger partial charge in [-0.15, -0.1) is 0 Å². The number of benzene rings is 1. The van der Waals surface area contributed by atoms with Crippen LogP contribution < -0.4 is 4.78 Å². The molecule has 2 atom stereocenters. The lowest BCUT2D eigenvalue weighted by Gasteiger charge is -2.34. The molecule has 2 unspecified atom stereocenters. The normalized spacial score (nSPS) is 30.1. The van der Waals surface area contributed by atoms with Crippen molar-refractivity contribution < 1.29 is 9.26 Å². The van der Waals surface area contributed by atoms with Gasteiger partial charge in [0.15, 0.2) is 0 Å². The van der Waals surface area contributed by atoms with E-state index in [9.17, 15) is 0 Å². The Morgan fingerprint density at radius 3 is 2.68 bits per heavy atom. The first-order chi connectivity index (χ1) is 13.8. The standard InChI is InChI=1S/C21H28N3O2PS/c28-27(26-16-18-10-7-15-25-18)21-19(22-24(27)17-8-2-1-3-9-17)11-6-12-20(21)23-13-4-5-14-23/h1-3,8-9,18H,4-7,10-16H2. The van der Waals surface area contributed by atoms with Crippen molar-refractivity contribution in [2.24, 2.45) is 5.10 Å². The fourth-order valence-electron chi connectivity index (χ4n) is 4.66. The number of rotatable bonds is 5. The van der Waals surface area contributed by atoms with Gasteiger partial charge >= 0.3 is 0 Å². The zero-order valence-electron chi connectivity index (χ0n) is 16.3. The Morgan fingerprint density at radius 2 is 1.93 bits per heavy atom. The molecule has 3 heterocycles. The van der Waals surface area contributed by atoms with Gasteiger partial charge in [0.1, 0.15) is 0 Å². The molecule has 4 aliphatic rings. The minimum absolute atomic E-state index is 0.168. The third-order valence-corrected chi connectivity index (χ3v) is 9.78. The molecule has 2 saturated heterocycles. The summed E-state index contributed by atoms with van der Waals surface area (Å²) in [5, 5.41) is 6.29. The summed E-state index contributed by atoms with van der Waals surface area (Å²) in [6.45, 7) is 3.68. The average molecular weight is 418 g/mol. The number of fused-ring (bicyclic) bond motifs is 1. The first-order valence-corrected chi connectivity index (χ1v) is 13.2. The second-order valence-corrected chi connectivity index (χ2v) is 11.6. The Labute approximate surface area is 172 Å². The molecule has 0 saturated carbocycles. The van der Waals surface area contributed by atoms with Crippen molar-refractivity contribution in [1.29, 1.82) is 0 Å². The molecule has 1 aromatic carbocycles. The lowest BCUT2D eigenvalue weighted by molar-refractivity contribution is 0.0721. The van der Waals surface area contributed by atoms with Crippen LogP contribution in [0.4, 0.5) is 5.69 Å². The number of hydrogen-bond acceptors (Lipinski definition) is 5. The SMILES string of the molecule is S=P1(OCC2CCCO2)C2=C(N3CCCC3)CCCC2=NN1c1ccccc1. The third-order valence-electron chi connectivity index (χ3n) is 6.06. The summed E-state index contributed by atoms with van der Waals surface area (Å²) in [4.78, 5) is 2.55. The van der Waals surface area contributed by atoms with E-state index in [0.717, 1.165) is 63.2 Å². The van der Waals surface area contributed by atoms with Crippen LogP contribution >= 0.6 is 6.42 Å². The smallest absolute Gasteiger partial charge is 0.209 e. The molecule has 0 N–H and O–H groups in total. The van der Waals surface area contributed by atoms with Crippen LogP contribution in [-0.2, 0) is 21.1 Å². The fraction of sp³-hybridized carbons (Fsp3) is 0.571. The summed E-state index contributed by atoms with van der Waals surface area (Å²) >= 11 is 6.38. The summed E-state index contributed by atoms with van der Waals surface area (Å²) in [5.74, 6) is 0. The molecule has 0 spiro atoms. The van der Waals surface area contributed by atoms with Crippen molar-refractivity contribution in [2.45, 2.75) is 51.0 Å². The predicted molar refractivity (Wildman–Crippen MR) is 117 cm³/mol. The number of para-hydroxylation sites is 1. The van der Waals surface area contributed by atoms with Crippen LogP contribution in [0.15, 0.2) is 46.4 Å². The molecule has 0 amide bonds. The van der Waals surface area contributed by atoms with Crippen LogP contribution in [0.3, 0.4) is 0 Å². The number of hydrogen-bond donors (Lipinski definition) is 0. The maximum Gasteiger partial charge on any atom is 0.209 e. The van der Waals surface area contributed by atoms with Gasteiger partial charge in [-0.1, -0.05) is 18.2 Å². The van der Waals surface area contributed by atoms with Gasteiger partial charge in [-0.2, -0.15) is 5.10 Å². The lowest BCUT2D eigenvalue weighted by atomic mass is 10.0. The van der Waals surface area contributed by atoms with Crippen molar-refractivity contribution in [1.82, 2.24) is 4.90 Å². The molecule has 0 aromatic heterocycles. The number of hydrazone groups is 1. The highest BCUT2D eigenvalue weighted by Gasteiger charge is 2.45. The Morgan fingerprint density at radius 1 is 1.11 bits per heavy atom. The van der Waals surface area contributed by atoms with Gasteiger partial charge in [0, 0.05) is 25.4 Å². The van der Waals surface area contributed by atoms with Crippen molar-refractivity contribution in [2.75, 3.05) is 31.1 Å². The molecule has 7 heteroatoms. The number of allylic oxidation sites excluding steroid dienone is 2. The Hall–Kier alpha value is -1.20. The van der Waals surface area contributed by atoms with Crippen LogP contribution in [0, 0.1) is 0 Å². The molecule has 28 heavy (non-hydrogen) atoms. The van der Waals surface area contributed by atoms with E-state index in [1.165, 1.54) is 23.9 Å². The summed E-state index contributed by atoms with van der Waals surface area (Å²) in [6, 6.07) is 10.3. The first kappa shape index (κ1) is 18.8. The maximum atomic E-state index is 6.63. The van der Waals surface area contributed by atoms with Gasteiger partial charge in [0.25, 0.3) is 0 Å². The van der Waals surface area contributed by atoms with Gasteiger partial charge in [0.05, 0.1) is 29.4 Å². The molecule has 5 nitrogen and oxygen atoms in total. The highest BCUT2D eigenvalue weighted by molar-refractivity contribution is 8.15. The number of nitrogens with zero attached hydrogens (tertiary/aromatic N) is 3. The molecule has 2 fully saturated rings. The number of likely N-dealkylation sites (tertiary alicyclic amines) is 1. The second-order valence-electron chi connectivity index (χ2n) is 7.97. The summed E-state index contributed by atoms with van der Waals surface area (Å²) < 4.78 is 14.5. The Bertz CT molecular complexity index is 829. The highest BCUT2D eigenvalue weighted by atomic mass is 32.4. The molecule has 150 valence electrons. The van der Waals surface area contributed by atoms with Crippen molar-refractivity contribution in [3.63, 3.8) is 0 Å². The average Bonchev–Trinajstić information content (AvgIpc) is 3.48. The van der Waals surface area contributed by atoms with E-state index in [1.54, 1.807) is 0 Å². The largest absolute Gasteiger partial charge is 0.376 e. The van der Waals surface area contributed by atoms with E-state index in [2.05, 4.69) is 17.0 Å². The van der Waals surface area contributed by atoms with E-state index >= 15 is 0 Å². The van der Waals surface area contributed by atoms with Gasteiger partial charge in [-0.05, 0) is 68.9 Å². The predicted octanol–water partition coefficient (Wildman–Crippen LogP) is 4.86. The topological polar surface area (TPSA) is 37.3 Å². The molecule has 1 aliphatic carbocycles. The zero-order valence-corrected chi connectivity index (χ0v) is 18.0. The van der Waals surface area contributed by atoms with E-state index in [-0.39, 0.29) is 6.10 Å². The van der Waals surface area contributed by atoms with E-state index in [1.807, 2.05) is 23.0 Å². The third kappa shape index (κ3) is 3.35. The van der Waals surface area contributed by atoms with Gasteiger partial charge in [-0.25, -0.2) is 4.78 Å². The van der Waals surface area contributed by atoms with E-state index < -0.39 is 6.42 Å². The van der Waals surface area contributed by atoms with Crippen LogP contribution in [0.1, 0.15) is 44.9 Å². The van der Waals surface area contributed by atoms with Crippen molar-refractivity contribution in [3.8, 4) is 0 Å². The van der Waals surface area contributed by atoms with E-state index in [4.69, 9.17) is 26.2 Å². The molecular weight excluding hydrogens is 389 g/mol. The van der Waals surface area contributed by atoms with Crippen molar-refractivity contribution in [3.05, 3.63) is 41.3 Å². The van der Waals surface area contributed by atoms with Crippen LogP contribution in [0.2, 0.25) is 0 Å². The van der Waals surface area contributed by atoms with Crippen LogP contribution in [0.25, 0.3) is 0 Å². The van der Waals surface area contributed by atoms with Gasteiger partial charge in [-0.3, -0.25) is 0 Å². The lowest BCUT2D eigenvalue weighted by Crippen LogP contribution is -2.25. The maximum absolute atomic E-state index is 6.63. The minimum atomic E-state index is -2.47. The van der Waals surface area contributed by atoms with Gasteiger partial charge in [0.2, 0.25) is 6.42 Å². The second kappa shape index (κ2) is 7.91. The summed E-state index contributed by atoms with van der Waals surface area (Å²) in [5.41, 5.74) is 3.61. The molecule has 0 radical (unpaired) electrons. The first-order valence-electron chi connectivity index (χ1n) is 10.5. The number of anilines is 1. The summed E-state index contributed by atoms with van der Waals surface area (Å²) in [6.07, 6.45) is 5.65. The van der Waals surface area contributed by atoms with Gasteiger partial charge < -0.3 is 14.2 Å². The minimum Gasteiger partial charge on any atom is -0.376 e. The quantitative estimate of drug-likeness (QED) is 0.640. The summed E-state index contributed by atoms with van der Waals surface area (Å²) in [7, 11) is 0. The van der Waals surface area contributed by atoms with Crippen LogP contribution in [-0.4, -0.2) is 43.0 Å². The monoisotopic (exact) mass is 417 g/mol.